The second-order valence-corrected chi connectivity index (χ2v) is 5.13. The summed E-state index contributed by atoms with van der Waals surface area (Å²) in [5, 5.41) is 0. The molecule has 1 nitrogen and oxygen atoms in total. The van der Waals surface area contributed by atoms with Crippen molar-refractivity contribution in [3.05, 3.63) is 47.0 Å². The van der Waals surface area contributed by atoms with Crippen LogP contribution in [-0.4, -0.2) is 5.78 Å². The summed E-state index contributed by atoms with van der Waals surface area (Å²) in [6.07, 6.45) is 7.25. The van der Waals surface area contributed by atoms with Crippen LogP contribution in [0.2, 0.25) is 0 Å². The molecular formula is C17H24O. The molecule has 0 bridgehead atoms. The first kappa shape index (κ1) is 14.7. The van der Waals surface area contributed by atoms with Crippen molar-refractivity contribution < 1.29 is 4.79 Å². The fraction of sp³-hybridized carbons (Fsp3) is 0.471. The number of rotatable bonds is 7. The van der Waals surface area contributed by atoms with Gasteiger partial charge >= 0.3 is 0 Å². The van der Waals surface area contributed by atoms with Crippen LogP contribution >= 0.6 is 0 Å². The first-order valence-corrected chi connectivity index (χ1v) is 6.78. The van der Waals surface area contributed by atoms with Crippen molar-refractivity contribution in [2.24, 2.45) is 0 Å². The normalized spacial score (nSPS) is 11.6. The highest BCUT2D eigenvalue weighted by Gasteiger charge is 1.96. The Morgan fingerprint density at radius 2 is 1.78 bits per heavy atom. The predicted molar refractivity (Wildman–Crippen MR) is 77.8 cm³/mol. The Hall–Kier alpha value is -1.37. The Labute approximate surface area is 111 Å². The minimum atomic E-state index is 0.294. The molecule has 0 fully saturated rings. The van der Waals surface area contributed by atoms with Gasteiger partial charge in [-0.15, -0.1) is 0 Å². The van der Waals surface area contributed by atoms with E-state index >= 15 is 0 Å². The number of benzene rings is 1. The maximum Gasteiger partial charge on any atom is 0.129 e. The molecule has 0 atom stereocenters. The lowest BCUT2D eigenvalue weighted by molar-refractivity contribution is -0.117. The zero-order valence-corrected chi connectivity index (χ0v) is 11.8. The van der Waals surface area contributed by atoms with Gasteiger partial charge in [-0.2, -0.15) is 0 Å². The number of allylic oxidation sites excluding steroid dienone is 2. The molecule has 0 unspecified atom stereocenters. The minimum absolute atomic E-state index is 0.294. The van der Waals surface area contributed by atoms with E-state index in [1.807, 2.05) is 0 Å². The van der Waals surface area contributed by atoms with Gasteiger partial charge in [0.25, 0.3) is 0 Å². The molecule has 0 aliphatic carbocycles. The summed E-state index contributed by atoms with van der Waals surface area (Å²) in [5.74, 6) is 0.294. The second-order valence-electron chi connectivity index (χ2n) is 5.13. The minimum Gasteiger partial charge on any atom is -0.300 e. The Bertz CT molecular complexity index is 398. The van der Waals surface area contributed by atoms with Crippen molar-refractivity contribution in [2.45, 2.75) is 52.9 Å². The molecule has 1 aromatic rings. The van der Waals surface area contributed by atoms with Crippen molar-refractivity contribution in [1.82, 2.24) is 0 Å². The quantitative estimate of drug-likeness (QED) is 0.639. The summed E-state index contributed by atoms with van der Waals surface area (Å²) in [7, 11) is 0. The molecule has 0 heterocycles. The lowest BCUT2D eigenvalue weighted by Gasteiger charge is -2.02. The van der Waals surface area contributed by atoms with Gasteiger partial charge in [-0.25, -0.2) is 0 Å². The van der Waals surface area contributed by atoms with Gasteiger partial charge in [0, 0.05) is 6.42 Å². The largest absolute Gasteiger partial charge is 0.300 e. The Morgan fingerprint density at radius 1 is 1.11 bits per heavy atom. The Morgan fingerprint density at radius 3 is 2.39 bits per heavy atom. The van der Waals surface area contributed by atoms with Crippen LogP contribution in [0.1, 0.15) is 50.7 Å². The molecule has 0 spiro atoms. The smallest absolute Gasteiger partial charge is 0.129 e. The number of hydrogen-bond acceptors (Lipinski definition) is 1. The summed E-state index contributed by atoms with van der Waals surface area (Å²) < 4.78 is 0. The predicted octanol–water partition coefficient (Wildman–Crippen LogP) is 4.63. The molecule has 0 aromatic heterocycles. The Balaban J connectivity index is 2.26. The van der Waals surface area contributed by atoms with Crippen LogP contribution in [0, 0.1) is 6.92 Å². The molecule has 18 heavy (non-hydrogen) atoms. The molecular weight excluding hydrogens is 220 g/mol. The summed E-state index contributed by atoms with van der Waals surface area (Å²) in [4.78, 5) is 10.8. The van der Waals surface area contributed by atoms with E-state index in [0.717, 1.165) is 25.7 Å². The average molecular weight is 244 g/mol. The number of carbonyl (C=O) groups excluding carboxylic acids is 1. The topological polar surface area (TPSA) is 17.1 Å². The van der Waals surface area contributed by atoms with Crippen LogP contribution in [0.5, 0.6) is 0 Å². The molecule has 0 radical (unpaired) electrons. The standard InChI is InChI=1S/C17H24O/c1-14(6-4-8-16(3)18)7-5-9-17-12-10-15(2)11-13-17/h7,10-13H,4-6,8-9H2,1-3H3/b14-7+. The fourth-order valence-electron chi connectivity index (χ4n) is 1.96. The van der Waals surface area contributed by atoms with Crippen LogP contribution in [0.3, 0.4) is 0 Å². The van der Waals surface area contributed by atoms with Crippen molar-refractivity contribution >= 4 is 5.78 Å². The van der Waals surface area contributed by atoms with Gasteiger partial charge in [0.05, 0.1) is 0 Å². The van der Waals surface area contributed by atoms with Crippen molar-refractivity contribution in [3.63, 3.8) is 0 Å². The summed E-state index contributed by atoms with van der Waals surface area (Å²) >= 11 is 0. The van der Waals surface area contributed by atoms with Gasteiger partial charge in [0.1, 0.15) is 5.78 Å². The van der Waals surface area contributed by atoms with Crippen molar-refractivity contribution in [1.29, 1.82) is 0 Å². The van der Waals surface area contributed by atoms with Gasteiger partial charge in [-0.1, -0.05) is 41.5 Å². The van der Waals surface area contributed by atoms with Crippen LogP contribution in [0.4, 0.5) is 0 Å². The van der Waals surface area contributed by atoms with Crippen LogP contribution in [0.25, 0.3) is 0 Å². The summed E-state index contributed by atoms with van der Waals surface area (Å²) in [5.41, 5.74) is 4.12. The van der Waals surface area contributed by atoms with E-state index in [-0.39, 0.29) is 0 Å². The van der Waals surface area contributed by atoms with E-state index in [1.54, 1.807) is 6.92 Å². The molecule has 1 aromatic carbocycles. The monoisotopic (exact) mass is 244 g/mol. The van der Waals surface area contributed by atoms with Crippen LogP contribution < -0.4 is 0 Å². The maximum absolute atomic E-state index is 10.8. The highest BCUT2D eigenvalue weighted by molar-refractivity contribution is 5.75. The van der Waals surface area contributed by atoms with Gasteiger partial charge in [-0.3, -0.25) is 0 Å². The molecule has 1 heteroatoms. The SMILES string of the molecule is CC(=O)CCC/C(C)=C/CCc1ccc(C)cc1. The second kappa shape index (κ2) is 7.86. The van der Waals surface area contributed by atoms with Crippen molar-refractivity contribution in [2.75, 3.05) is 0 Å². The lowest BCUT2D eigenvalue weighted by atomic mass is 10.0. The third-order valence-corrected chi connectivity index (χ3v) is 3.15. The molecule has 0 amide bonds. The lowest BCUT2D eigenvalue weighted by Crippen LogP contribution is -1.90. The number of carbonyl (C=O) groups is 1. The fourth-order valence-corrected chi connectivity index (χ4v) is 1.96. The van der Waals surface area contributed by atoms with E-state index < -0.39 is 0 Å². The maximum atomic E-state index is 10.8. The number of hydrogen-bond donors (Lipinski definition) is 0. The molecule has 0 aliphatic heterocycles. The highest BCUT2D eigenvalue weighted by atomic mass is 16.1. The van der Waals surface area contributed by atoms with Gasteiger partial charge in [-0.05, 0) is 52.0 Å². The Kier molecular flexibility index (Phi) is 6.42. The third kappa shape index (κ3) is 6.39. The molecule has 0 aliphatic rings. The zero-order chi connectivity index (χ0) is 13.4. The number of aryl methyl sites for hydroxylation is 2. The molecule has 98 valence electrons. The van der Waals surface area contributed by atoms with Crippen LogP contribution in [-0.2, 0) is 11.2 Å². The van der Waals surface area contributed by atoms with E-state index in [9.17, 15) is 4.79 Å². The van der Waals surface area contributed by atoms with Gasteiger partial charge < -0.3 is 4.79 Å². The summed E-state index contributed by atoms with van der Waals surface area (Å²) in [6.45, 7) is 5.94. The van der Waals surface area contributed by atoms with E-state index in [2.05, 4.69) is 44.2 Å². The van der Waals surface area contributed by atoms with Crippen LogP contribution in [0.15, 0.2) is 35.9 Å². The van der Waals surface area contributed by atoms with E-state index in [1.165, 1.54) is 16.7 Å². The molecule has 0 saturated carbocycles. The zero-order valence-electron chi connectivity index (χ0n) is 11.8. The molecule has 0 N–H and O–H groups in total. The third-order valence-electron chi connectivity index (χ3n) is 3.15. The first-order chi connectivity index (χ1) is 8.58. The molecule has 1 rings (SSSR count). The van der Waals surface area contributed by atoms with E-state index in [0.29, 0.717) is 12.2 Å². The van der Waals surface area contributed by atoms with E-state index in [4.69, 9.17) is 0 Å². The first-order valence-electron chi connectivity index (χ1n) is 6.78. The van der Waals surface area contributed by atoms with Gasteiger partial charge in [0.2, 0.25) is 0 Å². The average Bonchev–Trinajstić information content (AvgIpc) is 2.31. The number of ketones is 1. The summed E-state index contributed by atoms with van der Waals surface area (Å²) in [6, 6.07) is 8.74. The van der Waals surface area contributed by atoms with Gasteiger partial charge in [0.15, 0.2) is 0 Å². The highest BCUT2D eigenvalue weighted by Crippen LogP contribution is 2.11. The molecule has 0 saturated heterocycles. The van der Waals surface area contributed by atoms with Crippen molar-refractivity contribution in [3.8, 4) is 0 Å². The number of Topliss-reactive ketones (excluding diaryl/α,β-unsaturated/α-hetero) is 1.